The van der Waals surface area contributed by atoms with Crippen molar-refractivity contribution in [2.75, 3.05) is 0 Å². The van der Waals surface area contributed by atoms with Crippen molar-refractivity contribution >= 4 is 119 Å². The van der Waals surface area contributed by atoms with Crippen LogP contribution in [0.2, 0.25) is 0 Å². The summed E-state index contributed by atoms with van der Waals surface area (Å²) in [5.41, 5.74) is 22.6. The Morgan fingerprint density at radius 1 is 0.354 bits per heavy atom. The molecule has 4 aliphatic heterocycles. The van der Waals surface area contributed by atoms with E-state index in [-0.39, 0.29) is 12.5 Å². The van der Waals surface area contributed by atoms with E-state index < -0.39 is 0 Å². The lowest BCUT2D eigenvalue weighted by Crippen LogP contribution is -2.16. The molecule has 0 aliphatic carbocycles. The van der Waals surface area contributed by atoms with Gasteiger partial charge < -0.3 is 19.9 Å². The van der Waals surface area contributed by atoms with Gasteiger partial charge in [-0.05, 0) is 126 Å². The van der Waals surface area contributed by atoms with Gasteiger partial charge in [0.05, 0.1) is 79.2 Å². The van der Waals surface area contributed by atoms with Crippen LogP contribution in [-0.2, 0) is 6.54 Å². The van der Waals surface area contributed by atoms with Gasteiger partial charge in [-0.3, -0.25) is 4.99 Å². The Labute approximate surface area is 465 Å². The fraction of sp³-hybridized carbons (Fsp3) is 0.0286. The van der Waals surface area contributed by atoms with Crippen molar-refractivity contribution in [1.29, 1.82) is 0 Å². The quantitative estimate of drug-likeness (QED) is 0.137. The molecule has 0 fully saturated rings. The summed E-state index contributed by atoms with van der Waals surface area (Å²) < 4.78 is 0. The van der Waals surface area contributed by atoms with E-state index in [1.807, 2.05) is 12.1 Å². The number of hydrogen-bond donors (Lipinski definition) is 4. The molecule has 1 unspecified atom stereocenters. The predicted molar refractivity (Wildman–Crippen MR) is 330 cm³/mol. The lowest BCUT2D eigenvalue weighted by Gasteiger charge is -2.16. The number of nitrogens with zero attached hydrogens (tertiary/aromatic N) is 8. The van der Waals surface area contributed by atoms with Crippen molar-refractivity contribution in [3.8, 4) is 44.8 Å². The third-order valence-electron chi connectivity index (χ3n) is 16.7. The van der Waals surface area contributed by atoms with Crippen molar-refractivity contribution in [2.45, 2.75) is 12.5 Å². The number of benzene rings is 6. The number of rotatable bonds is 3. The average molecular weight is 1050 g/mol. The minimum atomic E-state index is -0.183. The second-order valence-electron chi connectivity index (χ2n) is 21.4. The van der Waals surface area contributed by atoms with E-state index in [1.165, 1.54) is 0 Å². The summed E-state index contributed by atoms with van der Waals surface area (Å²) >= 11 is 0. The topological polar surface area (TPSA) is 166 Å². The lowest BCUT2D eigenvalue weighted by atomic mass is 9.93. The maximum atomic E-state index is 5.83. The molecule has 8 aromatic heterocycles. The zero-order valence-electron chi connectivity index (χ0n) is 43.6. The number of aromatic nitrogens is 11. The van der Waals surface area contributed by atoms with Gasteiger partial charge in [0, 0.05) is 88.6 Å². The van der Waals surface area contributed by atoms with E-state index in [4.69, 9.17) is 46.5 Å². The molecular weight excluding hydrogens is 1010 g/mol. The average Bonchev–Trinajstić information content (AvgIpc) is 3.02. The van der Waals surface area contributed by atoms with E-state index in [2.05, 4.69) is 208 Å². The van der Waals surface area contributed by atoms with Gasteiger partial charge >= 0.3 is 0 Å². The highest BCUT2D eigenvalue weighted by atomic mass is 14.9. The molecule has 4 aliphatic rings. The molecule has 382 valence electrons. The zero-order chi connectivity index (χ0) is 53.7. The first-order valence-corrected chi connectivity index (χ1v) is 27.4. The molecule has 14 aromatic rings. The summed E-state index contributed by atoms with van der Waals surface area (Å²) in [6, 6.07) is 61.4. The van der Waals surface area contributed by atoms with Crippen LogP contribution in [0.1, 0.15) is 51.3 Å². The van der Waals surface area contributed by atoms with Gasteiger partial charge in [0.15, 0.2) is 0 Å². The highest BCUT2D eigenvalue weighted by molar-refractivity contribution is 6.15. The maximum Gasteiger partial charge on any atom is 0.119 e. The fourth-order valence-corrected chi connectivity index (χ4v) is 12.9. The van der Waals surface area contributed by atoms with Crippen LogP contribution in [0.5, 0.6) is 0 Å². The second kappa shape index (κ2) is 16.9. The summed E-state index contributed by atoms with van der Waals surface area (Å²) in [6.07, 6.45) is 8.36. The molecule has 12 heterocycles. The third-order valence-corrected chi connectivity index (χ3v) is 16.7. The Balaban J connectivity index is 1.11. The van der Waals surface area contributed by atoms with E-state index in [0.717, 1.165) is 128 Å². The molecule has 22 bridgehead atoms. The number of H-pyrrole nitrogens is 4. The number of aromatic amines is 4. The molecule has 0 radical (unpaired) electrons. The van der Waals surface area contributed by atoms with Crippen LogP contribution in [0.25, 0.3) is 163 Å². The van der Waals surface area contributed by atoms with Crippen LogP contribution in [0.4, 0.5) is 0 Å². The van der Waals surface area contributed by atoms with Gasteiger partial charge in [0.25, 0.3) is 0 Å². The summed E-state index contributed by atoms with van der Waals surface area (Å²) in [4.78, 5) is 61.1. The molecule has 0 spiro atoms. The summed E-state index contributed by atoms with van der Waals surface area (Å²) in [7, 11) is 0. The molecule has 1 atom stereocenters. The van der Waals surface area contributed by atoms with Gasteiger partial charge in [-0.15, -0.1) is 0 Å². The van der Waals surface area contributed by atoms with E-state index in [0.29, 0.717) is 60.5 Å². The maximum absolute atomic E-state index is 5.83. The SMILES string of the molecule is C=c1nc2/c3c4ccc2c2ccc([nH]2)c(-c2ccccc2)c2nc(c5ccc6c7ccc([nH]7)c(-c7ccccc7)c7nc(c8ccc(c9nc(c(nc89)c8nc6c5nc18)C\N=3)-c1ccc([nH]1)C(c1ccccc1)c1ccc-4[nH]1)C=C7)C=C2. The number of nitrogens with one attached hydrogen (secondary N) is 4. The predicted octanol–water partition coefficient (Wildman–Crippen LogP) is 14.5. The van der Waals surface area contributed by atoms with Crippen molar-refractivity contribution < 1.29 is 0 Å². The lowest BCUT2D eigenvalue weighted by molar-refractivity contribution is 0.900. The first kappa shape index (κ1) is 44.7. The Kier molecular flexibility index (Phi) is 9.21. The van der Waals surface area contributed by atoms with Crippen molar-refractivity contribution in [1.82, 2.24) is 54.8 Å². The first-order chi connectivity index (χ1) is 40.5. The Morgan fingerprint density at radius 3 is 1.51 bits per heavy atom. The molecule has 12 nitrogen and oxygen atoms in total. The normalized spacial score (nSPS) is 14.4. The van der Waals surface area contributed by atoms with E-state index >= 15 is 0 Å². The van der Waals surface area contributed by atoms with Crippen LogP contribution < -0.4 is 10.7 Å². The fourth-order valence-electron chi connectivity index (χ4n) is 12.9. The Morgan fingerprint density at radius 2 is 0.854 bits per heavy atom. The van der Waals surface area contributed by atoms with Crippen molar-refractivity contribution in [3.05, 3.63) is 232 Å². The minimum Gasteiger partial charge on any atom is -0.358 e. The van der Waals surface area contributed by atoms with Gasteiger partial charge in [-0.25, -0.2) is 34.9 Å². The molecule has 0 saturated carbocycles. The van der Waals surface area contributed by atoms with E-state index in [9.17, 15) is 0 Å². The third kappa shape index (κ3) is 6.60. The van der Waals surface area contributed by atoms with Crippen LogP contribution in [0, 0.1) is 0 Å². The van der Waals surface area contributed by atoms with Crippen LogP contribution in [0.15, 0.2) is 181 Å². The van der Waals surface area contributed by atoms with Crippen LogP contribution in [-0.4, -0.2) is 54.8 Å². The molecule has 0 amide bonds. The molecule has 82 heavy (non-hydrogen) atoms. The van der Waals surface area contributed by atoms with Crippen molar-refractivity contribution in [2.24, 2.45) is 4.99 Å². The number of hydrogen-bond acceptors (Lipinski definition) is 8. The second-order valence-corrected chi connectivity index (χ2v) is 21.4. The molecule has 6 aromatic carbocycles. The number of fused-ring (bicyclic) bond motifs is 20. The summed E-state index contributed by atoms with van der Waals surface area (Å²) in [5, 5.41) is 4.33. The first-order valence-electron chi connectivity index (χ1n) is 27.4. The molecule has 4 N–H and O–H groups in total. The van der Waals surface area contributed by atoms with Crippen LogP contribution in [0.3, 0.4) is 0 Å². The van der Waals surface area contributed by atoms with Gasteiger partial charge in [-0.1, -0.05) is 97.6 Å². The zero-order valence-corrected chi connectivity index (χ0v) is 43.6. The van der Waals surface area contributed by atoms with Gasteiger partial charge in [-0.2, -0.15) is 0 Å². The monoisotopic (exact) mass is 1050 g/mol. The summed E-state index contributed by atoms with van der Waals surface area (Å²) in [5.74, 6) is -0.183. The summed E-state index contributed by atoms with van der Waals surface area (Å²) in [6.45, 7) is 4.95. The molecular formula is C70H42N12. The Bertz CT molecular complexity index is 5580. The molecule has 18 rings (SSSR count). The Hall–Kier alpha value is -11.2. The van der Waals surface area contributed by atoms with Crippen molar-refractivity contribution in [3.63, 3.8) is 0 Å². The van der Waals surface area contributed by atoms with E-state index in [1.54, 1.807) is 0 Å². The molecule has 12 heteroatoms. The van der Waals surface area contributed by atoms with Gasteiger partial charge in [0.1, 0.15) is 16.6 Å². The highest BCUT2D eigenvalue weighted by Crippen LogP contribution is 2.41. The smallest absolute Gasteiger partial charge is 0.119 e. The standard InChI is InChI=1S/C70H42N12/c1-36-62-70-69-58-35-71-63-40-17-18-41(64(63)72-36)47-24-30-53(74-47)60(38-13-7-3-8-14-38)56-33-27-50(77-56)44-21-22-45(68(82-70)67(44)80-62)51-28-34-57(78-51)61(39-15-9-4-10-16-39)55-32-26-49(76-55)43-20-19-42(65(79-58)66(43)81-69)48-25-31-54(75-48)59(37-11-5-2-6-12-37)52-29-23-46(40)73-52/h2-34,59,73-75,78H,1,35H2/b49-43?,51-45?,60-56?,61-55?,61-57?,70-69?,71-63+,72-64?. The van der Waals surface area contributed by atoms with Gasteiger partial charge in [0.2, 0.25) is 0 Å². The largest absolute Gasteiger partial charge is 0.358 e. The minimum absolute atomic E-state index is 0.117. The van der Waals surface area contributed by atoms with Crippen LogP contribution >= 0.6 is 0 Å². The highest BCUT2D eigenvalue weighted by Gasteiger charge is 2.26. The molecule has 0 saturated heterocycles.